The van der Waals surface area contributed by atoms with Crippen LogP contribution in [-0.4, -0.2) is 43.0 Å². The summed E-state index contributed by atoms with van der Waals surface area (Å²) in [5, 5.41) is 3.80. The number of carbonyl (C=O) groups excluding carboxylic acids is 2. The molecular weight excluding hydrogens is 402 g/mol. The molecule has 0 spiro atoms. The van der Waals surface area contributed by atoms with Crippen molar-refractivity contribution in [3.63, 3.8) is 0 Å². The molecule has 0 saturated carbocycles. The molecule has 0 aromatic heterocycles. The number of benzene rings is 2. The van der Waals surface area contributed by atoms with Crippen LogP contribution in [0.1, 0.15) is 24.8 Å². The van der Waals surface area contributed by atoms with Crippen molar-refractivity contribution < 1.29 is 14.3 Å². The Kier molecular flexibility index (Phi) is 7.21. The van der Waals surface area contributed by atoms with E-state index in [0.29, 0.717) is 30.5 Å². The van der Waals surface area contributed by atoms with E-state index in [1.165, 1.54) is 5.56 Å². The van der Waals surface area contributed by atoms with Gasteiger partial charge in [-0.1, -0.05) is 29.3 Å². The second-order valence-electron chi connectivity index (χ2n) is 8.02. The van der Waals surface area contributed by atoms with Crippen molar-refractivity contribution in [2.24, 2.45) is 11.1 Å². The van der Waals surface area contributed by atoms with Crippen LogP contribution in [0.4, 0.5) is 5.69 Å². The molecule has 2 aromatic rings. The second-order valence-corrected chi connectivity index (χ2v) is 8.46. The fourth-order valence-electron chi connectivity index (χ4n) is 3.83. The van der Waals surface area contributed by atoms with Crippen LogP contribution in [0.5, 0.6) is 5.75 Å². The summed E-state index contributed by atoms with van der Waals surface area (Å²) < 4.78 is 5.95. The van der Waals surface area contributed by atoms with Crippen LogP contribution in [0.25, 0.3) is 0 Å². The highest BCUT2D eigenvalue weighted by atomic mass is 35.5. The Morgan fingerprint density at radius 3 is 2.53 bits per heavy atom. The number of amides is 2. The Hall–Kier alpha value is -2.73. The molecule has 0 radical (unpaired) electrons. The van der Waals surface area contributed by atoms with Crippen molar-refractivity contribution in [1.29, 1.82) is 0 Å². The molecule has 7 heteroatoms. The predicted molar refractivity (Wildman–Crippen MR) is 119 cm³/mol. The van der Waals surface area contributed by atoms with Crippen molar-refractivity contribution in [1.82, 2.24) is 4.90 Å². The van der Waals surface area contributed by atoms with Crippen LogP contribution in [0.3, 0.4) is 0 Å². The zero-order valence-corrected chi connectivity index (χ0v) is 18.0. The normalized spacial score (nSPS) is 18.7. The lowest BCUT2D eigenvalue weighted by Crippen LogP contribution is -2.51. The lowest BCUT2D eigenvalue weighted by atomic mass is 9.77. The van der Waals surface area contributed by atoms with E-state index in [2.05, 4.69) is 5.32 Å². The number of hydrogen-bond acceptors (Lipinski definition) is 4. The SMILES string of the molecule is Cc1ccc(NCC(=O)N2CCC[C@](COc3ccc(Cl)cc3)(CC(N)=O)C2)cc1. The number of hydrogen-bond donors (Lipinski definition) is 2. The van der Waals surface area contributed by atoms with Crippen molar-refractivity contribution in [3.8, 4) is 5.75 Å². The third-order valence-electron chi connectivity index (χ3n) is 5.42. The van der Waals surface area contributed by atoms with Crippen LogP contribution < -0.4 is 15.8 Å². The number of ether oxygens (including phenoxy) is 1. The number of likely N-dealkylation sites (tertiary alicyclic amines) is 1. The first-order valence-electron chi connectivity index (χ1n) is 10.1. The zero-order valence-electron chi connectivity index (χ0n) is 17.2. The van der Waals surface area contributed by atoms with E-state index in [-0.39, 0.29) is 24.8 Å². The highest BCUT2D eigenvalue weighted by molar-refractivity contribution is 6.30. The van der Waals surface area contributed by atoms with Gasteiger partial charge < -0.3 is 20.7 Å². The first-order valence-corrected chi connectivity index (χ1v) is 10.5. The highest BCUT2D eigenvalue weighted by Crippen LogP contribution is 2.34. The van der Waals surface area contributed by atoms with E-state index in [4.69, 9.17) is 22.1 Å². The summed E-state index contributed by atoms with van der Waals surface area (Å²) in [4.78, 5) is 26.4. The van der Waals surface area contributed by atoms with E-state index in [9.17, 15) is 9.59 Å². The topological polar surface area (TPSA) is 84.7 Å². The number of nitrogens with one attached hydrogen (secondary N) is 1. The Labute approximate surface area is 182 Å². The molecule has 1 atom stereocenters. The number of carbonyl (C=O) groups is 2. The molecule has 1 fully saturated rings. The quantitative estimate of drug-likeness (QED) is 0.671. The number of nitrogens with two attached hydrogens (primary N) is 1. The number of aryl methyl sites for hydroxylation is 1. The van der Waals surface area contributed by atoms with Crippen LogP contribution in [0.15, 0.2) is 48.5 Å². The van der Waals surface area contributed by atoms with Gasteiger partial charge in [-0.3, -0.25) is 9.59 Å². The number of piperidine rings is 1. The Balaban J connectivity index is 1.63. The third-order valence-corrected chi connectivity index (χ3v) is 5.67. The van der Waals surface area contributed by atoms with Gasteiger partial charge in [0.15, 0.2) is 0 Å². The third kappa shape index (κ3) is 6.13. The number of primary amides is 1. The lowest BCUT2D eigenvalue weighted by Gasteiger charge is -2.42. The lowest BCUT2D eigenvalue weighted by molar-refractivity contribution is -0.135. The van der Waals surface area contributed by atoms with Gasteiger partial charge in [-0.05, 0) is 56.2 Å². The minimum atomic E-state index is -0.497. The van der Waals surface area contributed by atoms with Crippen LogP contribution in [0.2, 0.25) is 5.02 Å². The molecule has 30 heavy (non-hydrogen) atoms. The smallest absolute Gasteiger partial charge is 0.241 e. The van der Waals surface area contributed by atoms with Crippen LogP contribution >= 0.6 is 11.6 Å². The molecule has 0 bridgehead atoms. The highest BCUT2D eigenvalue weighted by Gasteiger charge is 2.39. The van der Waals surface area contributed by atoms with Gasteiger partial charge in [0.2, 0.25) is 11.8 Å². The van der Waals surface area contributed by atoms with Gasteiger partial charge in [-0.2, -0.15) is 0 Å². The summed E-state index contributed by atoms with van der Waals surface area (Å²) in [6.45, 7) is 3.64. The van der Waals surface area contributed by atoms with E-state index in [0.717, 1.165) is 18.5 Å². The van der Waals surface area contributed by atoms with Crippen molar-refractivity contribution in [2.45, 2.75) is 26.2 Å². The maximum Gasteiger partial charge on any atom is 0.241 e. The van der Waals surface area contributed by atoms with Crippen LogP contribution in [0, 0.1) is 12.3 Å². The zero-order chi connectivity index (χ0) is 21.6. The van der Waals surface area contributed by atoms with Crippen molar-refractivity contribution in [2.75, 3.05) is 31.6 Å². The molecule has 160 valence electrons. The van der Waals surface area contributed by atoms with Crippen molar-refractivity contribution >= 4 is 29.1 Å². The molecule has 1 aliphatic rings. The van der Waals surface area contributed by atoms with Crippen LogP contribution in [-0.2, 0) is 9.59 Å². The molecule has 3 N–H and O–H groups in total. The number of anilines is 1. The molecule has 0 unspecified atom stereocenters. The van der Waals surface area contributed by atoms with Gasteiger partial charge in [-0.15, -0.1) is 0 Å². The maximum atomic E-state index is 12.8. The number of halogens is 1. The van der Waals surface area contributed by atoms with E-state index in [1.807, 2.05) is 31.2 Å². The van der Waals surface area contributed by atoms with Gasteiger partial charge >= 0.3 is 0 Å². The van der Waals surface area contributed by atoms with Gasteiger partial charge in [0, 0.05) is 35.6 Å². The molecule has 2 amide bonds. The molecule has 6 nitrogen and oxygen atoms in total. The fourth-order valence-corrected chi connectivity index (χ4v) is 3.96. The molecule has 2 aromatic carbocycles. The molecule has 1 saturated heterocycles. The summed E-state index contributed by atoms with van der Waals surface area (Å²) >= 11 is 5.93. The maximum absolute atomic E-state index is 12.8. The summed E-state index contributed by atoms with van der Waals surface area (Å²) in [7, 11) is 0. The van der Waals surface area contributed by atoms with Gasteiger partial charge in [0.1, 0.15) is 5.75 Å². The Morgan fingerprint density at radius 2 is 1.87 bits per heavy atom. The van der Waals surface area contributed by atoms with Gasteiger partial charge in [0.25, 0.3) is 0 Å². The first kappa shape index (κ1) is 22.0. The Morgan fingerprint density at radius 1 is 1.17 bits per heavy atom. The summed E-state index contributed by atoms with van der Waals surface area (Å²) in [6.07, 6.45) is 1.75. The molecular formula is C23H28ClN3O3. The summed E-state index contributed by atoms with van der Waals surface area (Å²) in [5.41, 5.74) is 7.11. The number of rotatable bonds is 8. The average molecular weight is 430 g/mol. The molecule has 1 aliphatic heterocycles. The summed E-state index contributed by atoms with van der Waals surface area (Å²) in [5.74, 6) is 0.283. The van der Waals surface area contributed by atoms with E-state index in [1.54, 1.807) is 29.2 Å². The Bertz CT molecular complexity index is 870. The predicted octanol–water partition coefficient (Wildman–Crippen LogP) is 3.62. The molecule has 0 aliphatic carbocycles. The largest absolute Gasteiger partial charge is 0.493 e. The van der Waals surface area contributed by atoms with E-state index < -0.39 is 5.41 Å². The van der Waals surface area contributed by atoms with E-state index >= 15 is 0 Å². The monoisotopic (exact) mass is 429 g/mol. The van der Waals surface area contributed by atoms with Gasteiger partial charge in [-0.25, -0.2) is 0 Å². The minimum absolute atomic E-state index is 0.00406. The molecule has 1 heterocycles. The summed E-state index contributed by atoms with van der Waals surface area (Å²) in [6, 6.07) is 15.0. The fraction of sp³-hybridized carbons (Fsp3) is 0.391. The average Bonchev–Trinajstić information content (AvgIpc) is 2.72. The van der Waals surface area contributed by atoms with Gasteiger partial charge in [0.05, 0.1) is 13.2 Å². The second kappa shape index (κ2) is 9.85. The molecule has 3 rings (SSSR count). The first-order chi connectivity index (χ1) is 14.3. The number of nitrogens with zero attached hydrogens (tertiary/aromatic N) is 1. The minimum Gasteiger partial charge on any atom is -0.493 e. The van der Waals surface area contributed by atoms with Crippen molar-refractivity contribution in [3.05, 3.63) is 59.1 Å². The standard InChI is InChI=1S/C23H28ClN3O3/c1-17-3-7-19(8-4-17)26-14-22(29)27-12-2-11-23(15-27,13-21(25)28)16-30-20-9-5-18(24)6-10-20/h3-10,26H,2,11-16H2,1H3,(H2,25,28)/t23-/m0/s1.